The summed E-state index contributed by atoms with van der Waals surface area (Å²) in [5.74, 6) is -0.394. The van der Waals surface area contributed by atoms with E-state index in [9.17, 15) is 20.0 Å². The molecule has 1 aliphatic rings. The molecule has 1 aromatic rings. The Hall–Kier alpha value is -1.66. The van der Waals surface area contributed by atoms with Crippen LogP contribution in [-0.2, 0) is 0 Å². The average molecular weight is 299 g/mol. The van der Waals surface area contributed by atoms with E-state index < -0.39 is 16.9 Å². The molecule has 6 nitrogen and oxygen atoms in total. The molecule has 1 fully saturated rings. The molecular formula is C13H15ClN2O4. The molecule has 2 unspecified atom stereocenters. The van der Waals surface area contributed by atoms with Gasteiger partial charge in [0.15, 0.2) is 0 Å². The van der Waals surface area contributed by atoms with Crippen molar-refractivity contribution in [1.29, 1.82) is 0 Å². The van der Waals surface area contributed by atoms with Gasteiger partial charge in [-0.25, -0.2) is 0 Å². The monoisotopic (exact) mass is 298 g/mol. The fraction of sp³-hybridized carbons (Fsp3) is 0.462. The first-order valence-corrected chi connectivity index (χ1v) is 6.54. The predicted molar refractivity (Wildman–Crippen MR) is 73.8 cm³/mol. The van der Waals surface area contributed by atoms with Gasteiger partial charge in [-0.05, 0) is 12.5 Å². The summed E-state index contributed by atoms with van der Waals surface area (Å²) in [6.45, 7) is 3.73. The number of hydrogen-bond donors (Lipinski definition) is 2. The van der Waals surface area contributed by atoms with E-state index in [-0.39, 0.29) is 27.7 Å². The van der Waals surface area contributed by atoms with E-state index in [1.165, 1.54) is 12.1 Å². The van der Waals surface area contributed by atoms with Crippen LogP contribution in [-0.4, -0.2) is 28.1 Å². The van der Waals surface area contributed by atoms with Gasteiger partial charge in [0.1, 0.15) is 0 Å². The number of non-ortho nitro benzene ring substituents is 1. The standard InChI is InChI=1S/C13H15ClN2O4/c1-13(2)10(6-11(13)17)15-12(18)8-4-3-7(16(19)20)5-9(8)14/h3-5,10-11,17H,6H2,1-2H3,(H,15,18). The van der Waals surface area contributed by atoms with Crippen LogP contribution in [0.3, 0.4) is 0 Å². The highest BCUT2D eigenvalue weighted by molar-refractivity contribution is 6.34. The van der Waals surface area contributed by atoms with E-state index in [2.05, 4.69) is 5.32 Å². The molecule has 0 aliphatic heterocycles. The zero-order chi connectivity index (χ0) is 15.1. The van der Waals surface area contributed by atoms with Crippen LogP contribution >= 0.6 is 11.6 Å². The molecule has 2 rings (SSSR count). The lowest BCUT2D eigenvalue weighted by atomic mass is 9.64. The SMILES string of the molecule is CC1(C)C(O)CC1NC(=O)c1ccc([N+](=O)[O-])cc1Cl. The first-order chi connectivity index (χ1) is 9.23. The van der Waals surface area contributed by atoms with Crippen molar-refractivity contribution in [2.24, 2.45) is 5.41 Å². The van der Waals surface area contributed by atoms with E-state index >= 15 is 0 Å². The van der Waals surface area contributed by atoms with Gasteiger partial charge in [0.2, 0.25) is 0 Å². The largest absolute Gasteiger partial charge is 0.392 e. The zero-order valence-electron chi connectivity index (χ0n) is 11.1. The summed E-state index contributed by atoms with van der Waals surface area (Å²) in [5, 5.41) is 23.1. The molecule has 2 N–H and O–H groups in total. The Bertz CT molecular complexity index is 573. The second-order valence-electron chi connectivity index (χ2n) is 5.52. The molecule has 0 spiro atoms. The number of aliphatic hydroxyl groups is 1. The van der Waals surface area contributed by atoms with E-state index in [1.807, 2.05) is 13.8 Å². The Morgan fingerprint density at radius 3 is 2.65 bits per heavy atom. The zero-order valence-corrected chi connectivity index (χ0v) is 11.8. The van der Waals surface area contributed by atoms with Crippen LogP contribution in [0.4, 0.5) is 5.69 Å². The van der Waals surface area contributed by atoms with Gasteiger partial charge in [-0.3, -0.25) is 14.9 Å². The summed E-state index contributed by atoms with van der Waals surface area (Å²) >= 11 is 5.90. The summed E-state index contributed by atoms with van der Waals surface area (Å²) in [7, 11) is 0. The van der Waals surface area contributed by atoms with Crippen molar-refractivity contribution in [2.45, 2.75) is 32.4 Å². The van der Waals surface area contributed by atoms with E-state index in [1.54, 1.807) is 0 Å². The Morgan fingerprint density at radius 1 is 1.55 bits per heavy atom. The lowest BCUT2D eigenvalue weighted by Gasteiger charge is -2.49. The van der Waals surface area contributed by atoms with Gasteiger partial charge >= 0.3 is 0 Å². The number of nitrogens with zero attached hydrogens (tertiary/aromatic N) is 1. The molecule has 0 radical (unpaired) electrons. The lowest BCUT2D eigenvalue weighted by Crippen LogP contribution is -2.61. The van der Waals surface area contributed by atoms with Crippen LogP contribution in [0.15, 0.2) is 18.2 Å². The summed E-state index contributed by atoms with van der Waals surface area (Å²) < 4.78 is 0. The highest BCUT2D eigenvalue weighted by atomic mass is 35.5. The van der Waals surface area contributed by atoms with Crippen LogP contribution < -0.4 is 5.32 Å². The normalized spacial score (nSPS) is 23.8. The van der Waals surface area contributed by atoms with Crippen LogP contribution in [0.25, 0.3) is 0 Å². The van der Waals surface area contributed by atoms with Crippen molar-refractivity contribution in [3.05, 3.63) is 38.9 Å². The number of rotatable bonds is 3. The molecule has 108 valence electrons. The maximum absolute atomic E-state index is 12.1. The summed E-state index contributed by atoms with van der Waals surface area (Å²) in [6.07, 6.45) is 0.0451. The third-order valence-electron chi connectivity index (χ3n) is 3.93. The van der Waals surface area contributed by atoms with Crippen LogP contribution in [0.2, 0.25) is 5.02 Å². The maximum Gasteiger partial charge on any atom is 0.270 e. The molecule has 7 heteroatoms. The van der Waals surface area contributed by atoms with Crippen molar-refractivity contribution < 1.29 is 14.8 Å². The molecule has 1 aromatic carbocycles. The van der Waals surface area contributed by atoms with Crippen LogP contribution in [0, 0.1) is 15.5 Å². The number of benzene rings is 1. The average Bonchev–Trinajstić information content (AvgIpc) is 2.37. The highest BCUT2D eigenvalue weighted by Crippen LogP contribution is 2.40. The summed E-state index contributed by atoms with van der Waals surface area (Å²) in [4.78, 5) is 22.1. The molecule has 1 amide bonds. The molecule has 2 atom stereocenters. The van der Waals surface area contributed by atoms with Crippen molar-refractivity contribution in [2.75, 3.05) is 0 Å². The second kappa shape index (κ2) is 5.03. The minimum atomic E-state index is -0.570. The molecule has 1 saturated carbocycles. The molecular weight excluding hydrogens is 284 g/mol. The van der Waals surface area contributed by atoms with Crippen molar-refractivity contribution in [1.82, 2.24) is 5.32 Å². The fourth-order valence-electron chi connectivity index (χ4n) is 2.19. The number of aliphatic hydroxyl groups excluding tert-OH is 1. The lowest BCUT2D eigenvalue weighted by molar-refractivity contribution is -0.384. The first-order valence-electron chi connectivity index (χ1n) is 6.16. The second-order valence-corrected chi connectivity index (χ2v) is 5.93. The topological polar surface area (TPSA) is 92.5 Å². The number of nitrogens with one attached hydrogen (secondary N) is 1. The molecule has 20 heavy (non-hydrogen) atoms. The summed E-state index contributed by atoms with van der Waals surface area (Å²) in [6, 6.07) is 3.58. The Morgan fingerprint density at radius 2 is 2.20 bits per heavy atom. The fourth-order valence-corrected chi connectivity index (χ4v) is 2.45. The van der Waals surface area contributed by atoms with Gasteiger partial charge in [0.25, 0.3) is 11.6 Å². The molecule has 1 aliphatic carbocycles. The number of nitro groups is 1. The molecule has 0 bridgehead atoms. The van der Waals surface area contributed by atoms with Crippen molar-refractivity contribution in [3.8, 4) is 0 Å². The predicted octanol–water partition coefficient (Wildman–Crippen LogP) is 2.14. The number of nitro benzene ring substituents is 1. The van der Waals surface area contributed by atoms with E-state index in [0.29, 0.717) is 6.42 Å². The number of carbonyl (C=O) groups is 1. The minimum absolute atomic E-state index is 0.0365. The van der Waals surface area contributed by atoms with Gasteiger partial charge < -0.3 is 10.4 Å². The van der Waals surface area contributed by atoms with Crippen LogP contribution in [0.1, 0.15) is 30.6 Å². The van der Waals surface area contributed by atoms with Crippen LogP contribution in [0.5, 0.6) is 0 Å². The van der Waals surface area contributed by atoms with Gasteiger partial charge in [-0.1, -0.05) is 25.4 Å². The molecule has 0 aromatic heterocycles. The number of carbonyl (C=O) groups excluding carboxylic acids is 1. The number of amides is 1. The first kappa shape index (κ1) is 14.7. The Labute approximate surface area is 120 Å². The Kier molecular flexibility index (Phi) is 3.71. The van der Waals surface area contributed by atoms with E-state index in [4.69, 9.17) is 11.6 Å². The smallest absolute Gasteiger partial charge is 0.270 e. The Balaban J connectivity index is 2.13. The third kappa shape index (κ3) is 2.48. The van der Waals surface area contributed by atoms with Crippen molar-refractivity contribution in [3.63, 3.8) is 0 Å². The quantitative estimate of drug-likeness (QED) is 0.660. The van der Waals surface area contributed by atoms with Gasteiger partial charge in [0, 0.05) is 23.6 Å². The molecule has 0 heterocycles. The number of halogens is 1. The maximum atomic E-state index is 12.1. The van der Waals surface area contributed by atoms with Gasteiger partial charge in [-0.2, -0.15) is 0 Å². The van der Waals surface area contributed by atoms with Gasteiger partial charge in [-0.15, -0.1) is 0 Å². The van der Waals surface area contributed by atoms with Crippen molar-refractivity contribution >= 4 is 23.2 Å². The minimum Gasteiger partial charge on any atom is -0.392 e. The third-order valence-corrected chi connectivity index (χ3v) is 4.24. The highest BCUT2D eigenvalue weighted by Gasteiger charge is 2.48. The van der Waals surface area contributed by atoms with E-state index in [0.717, 1.165) is 6.07 Å². The summed E-state index contributed by atoms with van der Waals surface area (Å²) in [5.41, 5.74) is -0.358. The molecule has 0 saturated heterocycles. The number of hydrogen-bond acceptors (Lipinski definition) is 4. The van der Waals surface area contributed by atoms with Gasteiger partial charge in [0.05, 0.1) is 21.6 Å².